The van der Waals surface area contributed by atoms with Gasteiger partial charge in [-0.05, 0) is 0 Å². The van der Waals surface area contributed by atoms with Gasteiger partial charge in [-0.1, -0.05) is 0 Å². The summed E-state index contributed by atoms with van der Waals surface area (Å²) in [6.07, 6.45) is 0. The van der Waals surface area contributed by atoms with Crippen molar-refractivity contribution in [3.63, 3.8) is 0 Å². The van der Waals surface area contributed by atoms with Crippen molar-refractivity contribution in [2.24, 2.45) is 0 Å². The molecule has 0 spiro atoms. The van der Waals surface area contributed by atoms with Crippen LogP contribution in [0.3, 0.4) is 0 Å². The number of hydrogen-bond donors (Lipinski definition) is 0. The zero-order valence-electron chi connectivity index (χ0n) is 23.4. The molecular weight excluding hydrogens is 605 g/mol. The van der Waals surface area contributed by atoms with Gasteiger partial charge in [-0.15, -0.1) is 0 Å². The van der Waals surface area contributed by atoms with E-state index in [0.29, 0.717) is 11.7 Å². The van der Waals surface area contributed by atoms with Gasteiger partial charge in [0.2, 0.25) is 0 Å². The third kappa shape index (κ3) is 4.17. The van der Waals surface area contributed by atoms with Crippen molar-refractivity contribution in [1.29, 1.82) is 0 Å². The van der Waals surface area contributed by atoms with Gasteiger partial charge < -0.3 is 0 Å². The van der Waals surface area contributed by atoms with Crippen LogP contribution >= 0.6 is 0 Å². The SMILES string of the molecule is c1ccc(-c2cc(-c3ccccc3)nc(-c3cccc4cc5[se]c6ccc7oc(-c8ccccc8)nc7c6c5cc34)n2)cc1. The molecule has 44 heavy (non-hydrogen) atoms. The molecule has 0 fully saturated rings. The fraction of sp³-hybridized carbons (Fsp3) is 0. The molecule has 0 aliphatic heterocycles. The standard InChI is InChI=1S/C39H23N3OSe/c1-4-11-24(12-5-1)31-23-32(25-13-6-2-7-14-25)41-38(40-31)28-18-10-17-27-21-35-30(22-29(27)28)36-34(44-35)20-19-33-37(36)42-39(43-33)26-15-8-3-9-16-26/h1-23H. The molecule has 3 aromatic heterocycles. The van der Waals surface area contributed by atoms with E-state index < -0.39 is 0 Å². The molecule has 206 valence electrons. The van der Waals surface area contributed by atoms with Crippen molar-refractivity contribution in [1.82, 2.24) is 15.0 Å². The van der Waals surface area contributed by atoms with Gasteiger partial charge >= 0.3 is 260 Å². The van der Waals surface area contributed by atoms with Crippen LogP contribution in [0.5, 0.6) is 0 Å². The molecule has 0 aliphatic rings. The maximum atomic E-state index is 6.26. The van der Waals surface area contributed by atoms with Gasteiger partial charge in [-0.3, -0.25) is 0 Å². The third-order valence-corrected chi connectivity index (χ3v) is 10.5. The Labute approximate surface area is 259 Å². The van der Waals surface area contributed by atoms with Gasteiger partial charge in [0.1, 0.15) is 0 Å². The van der Waals surface area contributed by atoms with E-state index >= 15 is 0 Å². The normalized spacial score (nSPS) is 11.6. The van der Waals surface area contributed by atoms with Gasteiger partial charge in [0.25, 0.3) is 0 Å². The molecule has 0 saturated carbocycles. The van der Waals surface area contributed by atoms with Crippen LogP contribution in [0.25, 0.3) is 86.5 Å². The summed E-state index contributed by atoms with van der Waals surface area (Å²) in [6.45, 7) is 0. The van der Waals surface area contributed by atoms with E-state index in [2.05, 4.69) is 72.8 Å². The first kappa shape index (κ1) is 25.2. The molecule has 0 atom stereocenters. The number of rotatable bonds is 4. The summed E-state index contributed by atoms with van der Waals surface area (Å²) in [5.74, 6) is 1.36. The number of aromatic nitrogens is 3. The maximum absolute atomic E-state index is 6.26. The van der Waals surface area contributed by atoms with Crippen LogP contribution in [0.15, 0.2) is 144 Å². The summed E-state index contributed by atoms with van der Waals surface area (Å²) in [7, 11) is 0. The van der Waals surface area contributed by atoms with Crippen molar-refractivity contribution in [3.8, 4) is 45.4 Å². The molecule has 9 rings (SSSR count). The molecule has 6 aromatic carbocycles. The Kier molecular flexibility index (Phi) is 5.80. The van der Waals surface area contributed by atoms with Gasteiger partial charge in [0.15, 0.2) is 0 Å². The fourth-order valence-electron chi connectivity index (χ4n) is 6.00. The van der Waals surface area contributed by atoms with E-state index in [1.807, 2.05) is 66.7 Å². The van der Waals surface area contributed by atoms with E-state index in [0.717, 1.165) is 50.1 Å². The Morgan fingerprint density at radius 1 is 0.500 bits per heavy atom. The Hall–Kier alpha value is -5.35. The van der Waals surface area contributed by atoms with Crippen molar-refractivity contribution < 1.29 is 4.42 Å². The Morgan fingerprint density at radius 2 is 1.16 bits per heavy atom. The molecule has 0 unspecified atom stereocenters. The minimum atomic E-state index is 0.180. The predicted molar refractivity (Wildman–Crippen MR) is 181 cm³/mol. The molecule has 0 aliphatic carbocycles. The van der Waals surface area contributed by atoms with Crippen LogP contribution in [-0.2, 0) is 0 Å². The Morgan fingerprint density at radius 3 is 1.84 bits per heavy atom. The Balaban J connectivity index is 1.29. The number of hydrogen-bond acceptors (Lipinski definition) is 4. The second-order valence-corrected chi connectivity index (χ2v) is 13.1. The van der Waals surface area contributed by atoms with Crippen molar-refractivity contribution in [2.75, 3.05) is 0 Å². The van der Waals surface area contributed by atoms with Gasteiger partial charge in [0.05, 0.1) is 0 Å². The zero-order chi connectivity index (χ0) is 29.0. The summed E-state index contributed by atoms with van der Waals surface area (Å²) >= 11 is 0.180. The third-order valence-electron chi connectivity index (χ3n) is 8.12. The first-order valence-corrected chi connectivity index (χ1v) is 16.2. The summed E-state index contributed by atoms with van der Waals surface area (Å²) < 4.78 is 8.95. The average molecular weight is 629 g/mol. The molecule has 0 saturated heterocycles. The molecule has 0 bridgehead atoms. The quantitative estimate of drug-likeness (QED) is 0.182. The van der Waals surface area contributed by atoms with Crippen LogP contribution in [0.4, 0.5) is 0 Å². The summed E-state index contributed by atoms with van der Waals surface area (Å²) in [4.78, 5) is 15.3. The number of nitrogens with zero attached hydrogens (tertiary/aromatic N) is 3. The molecule has 4 nitrogen and oxygen atoms in total. The van der Waals surface area contributed by atoms with Crippen LogP contribution in [0.2, 0.25) is 0 Å². The average Bonchev–Trinajstić information content (AvgIpc) is 3.69. The molecule has 0 N–H and O–H groups in total. The van der Waals surface area contributed by atoms with E-state index in [1.54, 1.807) is 0 Å². The van der Waals surface area contributed by atoms with Crippen molar-refractivity contribution >= 4 is 55.7 Å². The fourth-order valence-corrected chi connectivity index (χ4v) is 8.39. The van der Waals surface area contributed by atoms with E-state index in [9.17, 15) is 0 Å². The molecule has 3 heterocycles. The van der Waals surface area contributed by atoms with E-state index in [4.69, 9.17) is 19.4 Å². The first-order valence-electron chi connectivity index (χ1n) is 14.5. The van der Waals surface area contributed by atoms with Gasteiger partial charge in [0, 0.05) is 0 Å². The first-order chi connectivity index (χ1) is 21.8. The van der Waals surface area contributed by atoms with Crippen molar-refractivity contribution in [2.45, 2.75) is 0 Å². The number of benzene rings is 6. The zero-order valence-corrected chi connectivity index (χ0v) is 25.2. The molecule has 9 aromatic rings. The van der Waals surface area contributed by atoms with Gasteiger partial charge in [-0.25, -0.2) is 0 Å². The number of oxazole rings is 1. The second-order valence-electron chi connectivity index (χ2n) is 10.8. The van der Waals surface area contributed by atoms with E-state index in [1.165, 1.54) is 24.7 Å². The summed E-state index contributed by atoms with van der Waals surface area (Å²) in [5.41, 5.74) is 7.66. The van der Waals surface area contributed by atoms with Crippen LogP contribution in [0, 0.1) is 0 Å². The predicted octanol–water partition coefficient (Wildman–Crippen LogP) is 9.80. The second kappa shape index (κ2) is 10.1. The van der Waals surface area contributed by atoms with Crippen LogP contribution in [-0.4, -0.2) is 29.5 Å². The summed E-state index contributed by atoms with van der Waals surface area (Å²) in [6, 6.07) is 48.2. The monoisotopic (exact) mass is 629 g/mol. The molecule has 0 amide bonds. The van der Waals surface area contributed by atoms with Gasteiger partial charge in [-0.2, -0.15) is 0 Å². The molecule has 5 heteroatoms. The molecular formula is C39H23N3OSe. The number of fused-ring (bicyclic) bond motifs is 6. The van der Waals surface area contributed by atoms with E-state index in [-0.39, 0.29) is 14.5 Å². The van der Waals surface area contributed by atoms with Crippen molar-refractivity contribution in [3.05, 3.63) is 140 Å². The minimum absolute atomic E-state index is 0.180. The summed E-state index contributed by atoms with van der Waals surface area (Å²) in [5, 5.41) is 4.72. The van der Waals surface area contributed by atoms with Crippen LogP contribution < -0.4 is 0 Å². The topological polar surface area (TPSA) is 51.8 Å². The van der Waals surface area contributed by atoms with Crippen LogP contribution in [0.1, 0.15) is 0 Å². The molecule has 0 radical (unpaired) electrons. The Bertz CT molecular complexity index is 2430.